The summed E-state index contributed by atoms with van der Waals surface area (Å²) >= 11 is 0. The van der Waals surface area contributed by atoms with E-state index >= 15 is 0 Å². The standard InChI is InChI=1S/C16H22N2O3/c1-12-11-21-14-5-3-2-4-13(14)16(12)18-8-6-17(7-9-18)10-15(19)20/h2-5,12,16H,6-11H2,1H3,(H,19,20). The number of carbonyl (C=O) groups is 1. The van der Waals surface area contributed by atoms with E-state index in [1.54, 1.807) is 0 Å². The number of para-hydroxylation sites is 1. The number of nitrogens with zero attached hydrogens (tertiary/aromatic N) is 2. The van der Waals surface area contributed by atoms with Gasteiger partial charge in [-0.25, -0.2) is 0 Å². The average Bonchev–Trinajstić information content (AvgIpc) is 2.48. The molecule has 1 fully saturated rings. The molecular weight excluding hydrogens is 268 g/mol. The van der Waals surface area contributed by atoms with Crippen molar-refractivity contribution in [1.82, 2.24) is 9.80 Å². The van der Waals surface area contributed by atoms with Gasteiger partial charge in [0, 0.05) is 43.7 Å². The van der Waals surface area contributed by atoms with Gasteiger partial charge in [-0.15, -0.1) is 0 Å². The molecule has 3 rings (SSSR count). The lowest BCUT2D eigenvalue weighted by molar-refractivity contribution is -0.138. The number of hydrogen-bond donors (Lipinski definition) is 1. The van der Waals surface area contributed by atoms with Crippen LogP contribution in [0.25, 0.3) is 0 Å². The summed E-state index contributed by atoms with van der Waals surface area (Å²) in [5, 5.41) is 8.88. The molecule has 1 aromatic rings. The highest BCUT2D eigenvalue weighted by Gasteiger charge is 2.34. The highest BCUT2D eigenvalue weighted by atomic mass is 16.5. The van der Waals surface area contributed by atoms with Crippen molar-refractivity contribution >= 4 is 5.97 Å². The lowest BCUT2D eigenvalue weighted by Crippen LogP contribution is -2.51. The van der Waals surface area contributed by atoms with Crippen molar-refractivity contribution < 1.29 is 14.6 Å². The quantitative estimate of drug-likeness (QED) is 0.913. The number of piperazine rings is 1. The molecule has 1 saturated heterocycles. The van der Waals surface area contributed by atoms with Crippen molar-refractivity contribution in [2.45, 2.75) is 13.0 Å². The Morgan fingerprint density at radius 2 is 2.00 bits per heavy atom. The van der Waals surface area contributed by atoms with Gasteiger partial charge in [0.05, 0.1) is 13.2 Å². The summed E-state index contributed by atoms with van der Waals surface area (Å²) < 4.78 is 5.82. The van der Waals surface area contributed by atoms with E-state index in [9.17, 15) is 4.79 Å². The van der Waals surface area contributed by atoms with Crippen molar-refractivity contribution in [2.75, 3.05) is 39.3 Å². The number of aliphatic carboxylic acids is 1. The maximum atomic E-state index is 10.8. The van der Waals surface area contributed by atoms with Gasteiger partial charge in [-0.1, -0.05) is 25.1 Å². The molecule has 5 heteroatoms. The van der Waals surface area contributed by atoms with Crippen LogP contribution >= 0.6 is 0 Å². The Bertz CT molecular complexity index is 512. The van der Waals surface area contributed by atoms with Gasteiger partial charge in [0.25, 0.3) is 0 Å². The van der Waals surface area contributed by atoms with Gasteiger partial charge in [-0.3, -0.25) is 14.6 Å². The molecule has 2 heterocycles. The van der Waals surface area contributed by atoms with Crippen molar-refractivity contribution in [3.05, 3.63) is 29.8 Å². The highest BCUT2D eigenvalue weighted by Crippen LogP contribution is 2.39. The number of rotatable bonds is 3. The van der Waals surface area contributed by atoms with Crippen molar-refractivity contribution in [1.29, 1.82) is 0 Å². The zero-order chi connectivity index (χ0) is 14.8. The SMILES string of the molecule is CC1COc2ccccc2C1N1CCN(CC(=O)O)CC1. The van der Waals surface area contributed by atoms with Crippen LogP contribution in [-0.2, 0) is 4.79 Å². The Kier molecular flexibility index (Phi) is 4.12. The normalized spacial score (nSPS) is 26.9. The second-order valence-electron chi connectivity index (χ2n) is 5.98. The lowest BCUT2D eigenvalue weighted by Gasteiger charge is -2.43. The lowest BCUT2D eigenvalue weighted by atomic mass is 9.90. The monoisotopic (exact) mass is 290 g/mol. The van der Waals surface area contributed by atoms with E-state index in [1.807, 2.05) is 17.0 Å². The van der Waals surface area contributed by atoms with E-state index in [1.165, 1.54) is 5.56 Å². The molecule has 0 saturated carbocycles. The van der Waals surface area contributed by atoms with Crippen LogP contribution in [0, 0.1) is 5.92 Å². The Hall–Kier alpha value is -1.59. The van der Waals surface area contributed by atoms with Gasteiger partial charge >= 0.3 is 5.97 Å². The van der Waals surface area contributed by atoms with Crippen molar-refractivity contribution in [3.63, 3.8) is 0 Å². The Morgan fingerprint density at radius 1 is 1.29 bits per heavy atom. The summed E-state index contributed by atoms with van der Waals surface area (Å²) in [4.78, 5) is 15.3. The summed E-state index contributed by atoms with van der Waals surface area (Å²) in [5.41, 5.74) is 1.27. The third-order valence-corrected chi connectivity index (χ3v) is 4.44. The molecule has 21 heavy (non-hydrogen) atoms. The first-order valence-electron chi connectivity index (χ1n) is 7.55. The first-order chi connectivity index (χ1) is 10.1. The molecule has 2 unspecified atom stereocenters. The van der Waals surface area contributed by atoms with Crippen LogP contribution in [-0.4, -0.2) is 60.2 Å². The molecule has 2 atom stereocenters. The third kappa shape index (κ3) is 3.04. The molecule has 2 aliphatic rings. The predicted molar refractivity (Wildman–Crippen MR) is 79.5 cm³/mol. The maximum Gasteiger partial charge on any atom is 0.317 e. The van der Waals surface area contributed by atoms with Crippen LogP contribution in [0.1, 0.15) is 18.5 Å². The summed E-state index contributed by atoms with van der Waals surface area (Å²) in [6.07, 6.45) is 0. The van der Waals surface area contributed by atoms with Crippen LogP contribution in [0.5, 0.6) is 5.75 Å². The first kappa shape index (κ1) is 14.4. The summed E-state index contributed by atoms with van der Waals surface area (Å²) in [7, 11) is 0. The van der Waals surface area contributed by atoms with Crippen LogP contribution in [0.15, 0.2) is 24.3 Å². The molecule has 114 valence electrons. The maximum absolute atomic E-state index is 10.8. The molecule has 5 nitrogen and oxygen atoms in total. The number of fused-ring (bicyclic) bond motifs is 1. The van der Waals surface area contributed by atoms with Crippen LogP contribution in [0.4, 0.5) is 0 Å². The Morgan fingerprint density at radius 3 is 2.71 bits per heavy atom. The third-order valence-electron chi connectivity index (χ3n) is 4.44. The zero-order valence-electron chi connectivity index (χ0n) is 12.4. The molecular formula is C16H22N2O3. The number of ether oxygens (including phenoxy) is 1. The minimum absolute atomic E-state index is 0.147. The van der Waals surface area contributed by atoms with E-state index in [0.29, 0.717) is 12.0 Å². The minimum atomic E-state index is -0.742. The zero-order valence-corrected chi connectivity index (χ0v) is 12.4. The molecule has 0 spiro atoms. The van der Waals surface area contributed by atoms with Crippen LogP contribution in [0.3, 0.4) is 0 Å². The minimum Gasteiger partial charge on any atom is -0.493 e. The van der Waals surface area contributed by atoms with E-state index < -0.39 is 5.97 Å². The van der Waals surface area contributed by atoms with E-state index in [-0.39, 0.29) is 6.54 Å². The van der Waals surface area contributed by atoms with Gasteiger partial charge < -0.3 is 9.84 Å². The predicted octanol–water partition coefficient (Wildman–Crippen LogP) is 1.46. The van der Waals surface area contributed by atoms with Gasteiger partial charge in [0.15, 0.2) is 0 Å². The fraction of sp³-hybridized carbons (Fsp3) is 0.562. The molecule has 1 aromatic carbocycles. The molecule has 0 bridgehead atoms. The van der Waals surface area contributed by atoms with E-state index in [4.69, 9.17) is 9.84 Å². The van der Waals surface area contributed by atoms with Crippen LogP contribution < -0.4 is 4.74 Å². The second-order valence-corrected chi connectivity index (χ2v) is 5.98. The number of benzene rings is 1. The summed E-state index contributed by atoms with van der Waals surface area (Å²) in [5.74, 6) is 0.702. The smallest absolute Gasteiger partial charge is 0.317 e. The average molecular weight is 290 g/mol. The summed E-state index contributed by atoms with van der Waals surface area (Å²) in [6.45, 7) is 6.58. The molecule has 0 aromatic heterocycles. The Balaban J connectivity index is 1.71. The number of hydrogen-bond acceptors (Lipinski definition) is 4. The fourth-order valence-corrected chi connectivity index (χ4v) is 3.42. The van der Waals surface area contributed by atoms with Gasteiger partial charge in [0.1, 0.15) is 5.75 Å². The largest absolute Gasteiger partial charge is 0.493 e. The van der Waals surface area contributed by atoms with Gasteiger partial charge in [-0.2, -0.15) is 0 Å². The molecule has 1 N–H and O–H groups in total. The number of carboxylic acid groups (broad SMARTS) is 1. The highest BCUT2D eigenvalue weighted by molar-refractivity contribution is 5.69. The van der Waals surface area contributed by atoms with Gasteiger partial charge in [0.2, 0.25) is 0 Å². The topological polar surface area (TPSA) is 53.0 Å². The van der Waals surface area contributed by atoms with Gasteiger partial charge in [-0.05, 0) is 6.07 Å². The molecule has 0 aliphatic carbocycles. The molecule has 0 amide bonds. The summed E-state index contributed by atoms with van der Waals surface area (Å²) in [6, 6.07) is 8.64. The Labute approximate surface area is 125 Å². The van der Waals surface area contributed by atoms with Crippen molar-refractivity contribution in [3.8, 4) is 5.75 Å². The second kappa shape index (κ2) is 6.03. The number of carboxylic acids is 1. The van der Waals surface area contributed by atoms with E-state index in [2.05, 4.69) is 24.0 Å². The van der Waals surface area contributed by atoms with Crippen LogP contribution in [0.2, 0.25) is 0 Å². The first-order valence-corrected chi connectivity index (χ1v) is 7.55. The van der Waals surface area contributed by atoms with Crippen molar-refractivity contribution in [2.24, 2.45) is 5.92 Å². The molecule has 2 aliphatic heterocycles. The van der Waals surface area contributed by atoms with E-state index in [0.717, 1.165) is 38.5 Å². The fourth-order valence-electron chi connectivity index (χ4n) is 3.42. The molecule has 0 radical (unpaired) electrons.